The molecule has 0 aliphatic rings. The smallest absolute Gasteiger partial charge is 0.266 e. The third-order valence-electron chi connectivity index (χ3n) is 7.74. The van der Waals surface area contributed by atoms with Crippen LogP contribution in [-0.2, 0) is 22.4 Å². The molecule has 0 N–H and O–H groups in total. The molecule has 0 fully saturated rings. The van der Waals surface area contributed by atoms with Crippen molar-refractivity contribution in [2.45, 2.75) is 33.1 Å². The van der Waals surface area contributed by atoms with E-state index >= 15 is 0 Å². The zero-order chi connectivity index (χ0) is 30.9. The average Bonchev–Trinajstić information content (AvgIpc) is 3.05. The fraction of sp³-hybridized carbons (Fsp3) is 0.243. The highest BCUT2D eigenvalue weighted by atomic mass is 16.5. The Morgan fingerprint density at radius 2 is 1.64 bits per heavy atom. The zero-order valence-electron chi connectivity index (χ0n) is 25.2. The van der Waals surface area contributed by atoms with Gasteiger partial charge in [0.25, 0.3) is 5.56 Å². The molecule has 5 aromatic rings. The normalized spacial score (nSPS) is 10.9. The van der Waals surface area contributed by atoms with E-state index in [9.17, 15) is 14.9 Å². The highest BCUT2D eigenvalue weighted by Crippen LogP contribution is 2.20. The summed E-state index contributed by atoms with van der Waals surface area (Å²) in [5, 5.41) is 9.83. The highest BCUT2D eigenvalue weighted by Gasteiger charge is 2.17. The molecule has 1 heterocycles. The molecule has 222 valence electrons. The molecule has 0 spiro atoms. The summed E-state index contributed by atoms with van der Waals surface area (Å²) in [6.07, 6.45) is 1.40. The molecule has 0 saturated heterocycles. The lowest BCUT2D eigenvalue weighted by molar-refractivity contribution is -0.131. The maximum atomic E-state index is 13.8. The maximum absolute atomic E-state index is 13.8. The summed E-state index contributed by atoms with van der Waals surface area (Å²) in [6.45, 7) is 5.88. The number of amides is 1. The van der Waals surface area contributed by atoms with E-state index in [1.54, 1.807) is 28.8 Å². The van der Waals surface area contributed by atoms with Crippen LogP contribution in [0.4, 0.5) is 0 Å². The summed E-state index contributed by atoms with van der Waals surface area (Å²) in [4.78, 5) is 34.0. The number of nitrogens with zero attached hydrogens (tertiary/aromatic N) is 4. The van der Waals surface area contributed by atoms with Crippen molar-refractivity contribution in [3.05, 3.63) is 130 Å². The van der Waals surface area contributed by atoms with Crippen LogP contribution in [-0.4, -0.2) is 46.7 Å². The molecule has 4 aromatic carbocycles. The van der Waals surface area contributed by atoms with Crippen LogP contribution in [0.2, 0.25) is 0 Å². The fourth-order valence-electron chi connectivity index (χ4n) is 5.40. The van der Waals surface area contributed by atoms with Crippen molar-refractivity contribution in [3.8, 4) is 22.9 Å². The molecule has 0 saturated carbocycles. The molecule has 5 rings (SSSR count). The fourth-order valence-corrected chi connectivity index (χ4v) is 5.40. The van der Waals surface area contributed by atoms with Crippen LogP contribution in [0.3, 0.4) is 0 Å². The van der Waals surface area contributed by atoms with Gasteiger partial charge in [0, 0.05) is 26.1 Å². The second-order valence-corrected chi connectivity index (χ2v) is 10.7. The number of fused-ring (bicyclic) bond motifs is 1. The first kappa shape index (κ1) is 30.4. The minimum absolute atomic E-state index is 0.0312. The number of carbonyl (C=O) groups is 1. The van der Waals surface area contributed by atoms with Gasteiger partial charge in [-0.2, -0.15) is 5.26 Å². The van der Waals surface area contributed by atoms with E-state index in [0.717, 1.165) is 22.3 Å². The predicted octanol–water partition coefficient (Wildman–Crippen LogP) is 6.27. The topological polar surface area (TPSA) is 88.2 Å². The van der Waals surface area contributed by atoms with E-state index in [0.29, 0.717) is 73.5 Å². The number of hydrogen-bond acceptors (Lipinski definition) is 5. The molecule has 44 heavy (non-hydrogen) atoms. The van der Waals surface area contributed by atoms with Crippen molar-refractivity contribution < 1.29 is 9.53 Å². The lowest BCUT2D eigenvalue weighted by Crippen LogP contribution is -2.36. The van der Waals surface area contributed by atoms with Gasteiger partial charge in [0.2, 0.25) is 5.91 Å². The first-order valence-corrected chi connectivity index (χ1v) is 15.0. The Balaban J connectivity index is 1.35. The first-order valence-electron chi connectivity index (χ1n) is 15.0. The van der Waals surface area contributed by atoms with Crippen molar-refractivity contribution in [1.82, 2.24) is 14.5 Å². The Morgan fingerprint density at radius 1 is 0.909 bits per heavy atom. The summed E-state index contributed by atoms with van der Waals surface area (Å²) in [7, 11) is 0. The Morgan fingerprint density at radius 3 is 2.34 bits per heavy atom. The van der Waals surface area contributed by atoms with Crippen LogP contribution in [0.5, 0.6) is 0 Å². The van der Waals surface area contributed by atoms with E-state index in [-0.39, 0.29) is 11.5 Å². The van der Waals surface area contributed by atoms with Gasteiger partial charge in [-0.15, -0.1) is 0 Å². The summed E-state index contributed by atoms with van der Waals surface area (Å²) in [5.74, 6) is 0.648. The molecule has 0 unspecified atom stereocenters. The van der Waals surface area contributed by atoms with Crippen molar-refractivity contribution in [3.63, 3.8) is 0 Å². The van der Waals surface area contributed by atoms with Gasteiger partial charge in [0.05, 0.1) is 41.3 Å². The minimum atomic E-state index is -0.143. The number of carbonyl (C=O) groups excluding carboxylic acids is 1. The van der Waals surface area contributed by atoms with Gasteiger partial charge >= 0.3 is 0 Å². The van der Waals surface area contributed by atoms with Gasteiger partial charge in [0.1, 0.15) is 5.82 Å². The average molecular weight is 585 g/mol. The van der Waals surface area contributed by atoms with Crippen molar-refractivity contribution in [2.24, 2.45) is 0 Å². The van der Waals surface area contributed by atoms with Gasteiger partial charge in [-0.1, -0.05) is 66.7 Å². The molecule has 0 aliphatic heterocycles. The largest absolute Gasteiger partial charge is 0.380 e. The zero-order valence-corrected chi connectivity index (χ0v) is 25.2. The predicted molar refractivity (Wildman–Crippen MR) is 174 cm³/mol. The molecule has 1 amide bonds. The number of rotatable bonds is 12. The molecular formula is C37H36N4O3. The van der Waals surface area contributed by atoms with Crippen LogP contribution >= 0.6 is 0 Å². The SMILES string of the molecule is CCOCCN(CCCc1nc2cccc(C)c2c(=O)n1-c1ccc(C#N)cc1)C(=O)Cc1ccc(-c2ccccc2)cc1. The second kappa shape index (κ2) is 14.4. The second-order valence-electron chi connectivity index (χ2n) is 10.7. The quantitative estimate of drug-likeness (QED) is 0.161. The third kappa shape index (κ3) is 7.11. The number of benzene rings is 4. The van der Waals surface area contributed by atoms with Crippen LogP contribution in [0.15, 0.2) is 102 Å². The van der Waals surface area contributed by atoms with Crippen LogP contribution in [0.25, 0.3) is 27.7 Å². The molecule has 0 radical (unpaired) electrons. The minimum Gasteiger partial charge on any atom is -0.380 e. The number of nitriles is 1. The van der Waals surface area contributed by atoms with Gasteiger partial charge in [-0.25, -0.2) is 4.98 Å². The molecule has 0 atom stereocenters. The van der Waals surface area contributed by atoms with Crippen LogP contribution < -0.4 is 5.56 Å². The molecule has 7 nitrogen and oxygen atoms in total. The van der Waals surface area contributed by atoms with E-state index in [4.69, 9.17) is 9.72 Å². The van der Waals surface area contributed by atoms with Crippen molar-refractivity contribution >= 4 is 16.8 Å². The third-order valence-corrected chi connectivity index (χ3v) is 7.74. The standard InChI is InChI=1S/C37H36N4O3/c1-3-44-24-23-40(35(42)25-28-14-18-31(19-15-28)30-10-5-4-6-11-30)22-8-13-34-39-33-12-7-9-27(2)36(33)37(43)41(34)32-20-16-29(26-38)17-21-32/h4-7,9-12,14-21H,3,8,13,22-25H2,1-2H3. The van der Waals surface area contributed by atoms with Gasteiger partial charge in [-0.05, 0) is 72.9 Å². The Hall–Kier alpha value is -5.06. The molecule has 1 aromatic heterocycles. The Bertz CT molecular complexity index is 1820. The first-order chi connectivity index (χ1) is 21.5. The number of ether oxygens (including phenoxy) is 1. The molecule has 7 heteroatoms. The van der Waals surface area contributed by atoms with Crippen molar-refractivity contribution in [1.29, 1.82) is 5.26 Å². The van der Waals surface area contributed by atoms with Gasteiger partial charge in [0.15, 0.2) is 0 Å². The number of aryl methyl sites for hydroxylation is 2. The monoisotopic (exact) mass is 584 g/mol. The van der Waals surface area contributed by atoms with E-state index in [1.807, 2.05) is 67.3 Å². The number of aromatic nitrogens is 2. The Kier molecular flexibility index (Phi) is 9.96. The summed E-state index contributed by atoms with van der Waals surface area (Å²) in [5.41, 5.74) is 5.75. The molecule has 0 bridgehead atoms. The van der Waals surface area contributed by atoms with Gasteiger partial charge < -0.3 is 9.64 Å². The van der Waals surface area contributed by atoms with Gasteiger partial charge in [-0.3, -0.25) is 14.2 Å². The molecule has 0 aliphatic carbocycles. The van der Waals surface area contributed by atoms with E-state index in [1.165, 1.54) is 0 Å². The maximum Gasteiger partial charge on any atom is 0.266 e. The summed E-state index contributed by atoms with van der Waals surface area (Å²) >= 11 is 0. The Labute approximate surface area is 258 Å². The van der Waals surface area contributed by atoms with E-state index in [2.05, 4.69) is 30.3 Å². The highest BCUT2D eigenvalue weighted by molar-refractivity contribution is 5.81. The van der Waals surface area contributed by atoms with Crippen LogP contribution in [0.1, 0.15) is 35.9 Å². The lowest BCUT2D eigenvalue weighted by Gasteiger charge is -2.23. The summed E-state index contributed by atoms with van der Waals surface area (Å²) in [6, 6.07) is 33.1. The number of hydrogen-bond donors (Lipinski definition) is 0. The van der Waals surface area contributed by atoms with Crippen LogP contribution in [0, 0.1) is 18.3 Å². The lowest BCUT2D eigenvalue weighted by atomic mass is 10.0. The summed E-state index contributed by atoms with van der Waals surface area (Å²) < 4.78 is 7.23. The van der Waals surface area contributed by atoms with E-state index < -0.39 is 0 Å². The van der Waals surface area contributed by atoms with Crippen molar-refractivity contribution in [2.75, 3.05) is 26.3 Å². The molecular weight excluding hydrogens is 548 g/mol.